The molecule has 144 valence electrons. The molecule has 6 rings (SSSR count). The van der Waals surface area contributed by atoms with Gasteiger partial charge in [0, 0.05) is 37.3 Å². The normalized spacial score (nSPS) is 12.2. The van der Waals surface area contributed by atoms with Crippen LogP contribution in [0, 0.1) is 0 Å². The molecule has 8 nitrogen and oxygen atoms in total. The Hall–Kier alpha value is -4.20. The van der Waals surface area contributed by atoms with Crippen LogP contribution in [-0.4, -0.2) is 29.1 Å². The van der Waals surface area contributed by atoms with E-state index in [-0.39, 0.29) is 0 Å². The van der Waals surface area contributed by atoms with Gasteiger partial charge in [-0.3, -0.25) is 9.97 Å². The Kier molecular flexibility index (Phi) is 3.43. The van der Waals surface area contributed by atoms with Gasteiger partial charge in [0.2, 0.25) is 11.9 Å². The molecule has 4 aromatic heterocycles. The van der Waals surface area contributed by atoms with Gasteiger partial charge in [-0.25, -0.2) is 9.97 Å². The van der Waals surface area contributed by atoms with Gasteiger partial charge in [0.1, 0.15) is 11.0 Å². The minimum absolute atomic E-state index is 0.514. The van der Waals surface area contributed by atoms with Gasteiger partial charge >= 0.3 is 0 Å². The van der Waals surface area contributed by atoms with Gasteiger partial charge in [-0.2, -0.15) is 0 Å². The number of aryl methyl sites for hydroxylation is 2. The zero-order chi connectivity index (χ0) is 20.2. The molecule has 0 atom stereocenters. The van der Waals surface area contributed by atoms with Crippen LogP contribution >= 0.6 is 0 Å². The molecule has 0 bridgehead atoms. The molecule has 0 radical (unpaired) electrons. The molecule has 0 unspecified atom stereocenters. The molecule has 4 heterocycles. The fraction of sp³-hybridized carbons (Fsp3) is 0.0909. The molecule has 0 spiro atoms. The van der Waals surface area contributed by atoms with Crippen molar-refractivity contribution >= 4 is 55.8 Å². The smallest absolute Gasteiger partial charge is 0.250 e. The van der Waals surface area contributed by atoms with Crippen molar-refractivity contribution in [3.63, 3.8) is 0 Å². The lowest BCUT2D eigenvalue weighted by Crippen LogP contribution is -1.88. The summed E-state index contributed by atoms with van der Waals surface area (Å²) in [4.78, 5) is 18.2. The number of nitrogens with zero attached hydrogens (tertiary/aromatic N) is 8. The fourth-order valence-electron chi connectivity index (χ4n) is 3.86. The number of rotatable bonds is 2. The largest absolute Gasteiger partial charge is 0.310 e. The van der Waals surface area contributed by atoms with Crippen molar-refractivity contribution in [2.45, 2.75) is 0 Å². The van der Waals surface area contributed by atoms with Crippen molar-refractivity contribution in [3.8, 4) is 0 Å². The highest BCUT2D eigenvalue weighted by Crippen LogP contribution is 2.30. The number of benzene rings is 2. The Morgan fingerprint density at radius 3 is 1.57 bits per heavy atom. The quantitative estimate of drug-likeness (QED) is 0.389. The number of hydrogen-bond donors (Lipinski definition) is 0. The lowest BCUT2D eigenvalue weighted by atomic mass is 10.2. The Balaban J connectivity index is 1.50. The van der Waals surface area contributed by atoms with Crippen LogP contribution in [0.3, 0.4) is 0 Å². The lowest BCUT2D eigenvalue weighted by molar-refractivity contribution is 0.885. The molecule has 30 heavy (non-hydrogen) atoms. The molecule has 0 aliphatic rings. The molecular weight excluding hydrogens is 376 g/mol. The average Bonchev–Trinajstić information content (AvgIpc) is 3.29. The lowest BCUT2D eigenvalue weighted by Gasteiger charge is -1.99. The predicted molar refractivity (Wildman–Crippen MR) is 116 cm³/mol. The van der Waals surface area contributed by atoms with E-state index in [2.05, 4.69) is 20.2 Å². The first-order chi connectivity index (χ1) is 14.7. The van der Waals surface area contributed by atoms with Crippen LogP contribution < -0.4 is 0 Å². The maximum atomic E-state index is 4.70. The first-order valence-corrected chi connectivity index (χ1v) is 9.53. The van der Waals surface area contributed by atoms with E-state index >= 15 is 0 Å². The Morgan fingerprint density at radius 1 is 0.633 bits per heavy atom. The predicted octanol–water partition coefficient (Wildman–Crippen LogP) is 4.97. The third-order valence-electron chi connectivity index (χ3n) is 5.45. The van der Waals surface area contributed by atoms with Crippen LogP contribution in [0.4, 0.5) is 11.9 Å². The van der Waals surface area contributed by atoms with Gasteiger partial charge in [0.05, 0.1) is 22.1 Å². The van der Waals surface area contributed by atoms with Crippen molar-refractivity contribution in [3.05, 3.63) is 60.9 Å². The molecule has 0 fully saturated rings. The SMILES string of the molecule is Cn1c(/N=N/c2nc3c4cccnc4ccc3n2C)nc2c3cccnc3ccc21. The van der Waals surface area contributed by atoms with Crippen LogP contribution in [0.2, 0.25) is 0 Å². The van der Waals surface area contributed by atoms with Gasteiger partial charge < -0.3 is 9.13 Å². The maximum absolute atomic E-state index is 4.70. The average molecular weight is 392 g/mol. The van der Waals surface area contributed by atoms with Crippen molar-refractivity contribution < 1.29 is 0 Å². The third-order valence-corrected chi connectivity index (χ3v) is 5.45. The van der Waals surface area contributed by atoms with E-state index in [1.165, 1.54) is 0 Å². The van der Waals surface area contributed by atoms with E-state index in [1.54, 1.807) is 12.4 Å². The highest BCUT2D eigenvalue weighted by atomic mass is 15.3. The zero-order valence-corrected chi connectivity index (χ0v) is 16.4. The summed E-state index contributed by atoms with van der Waals surface area (Å²) < 4.78 is 3.85. The summed E-state index contributed by atoms with van der Waals surface area (Å²) in [5.41, 5.74) is 5.49. The van der Waals surface area contributed by atoms with E-state index in [0.29, 0.717) is 11.9 Å². The number of imidazole rings is 2. The summed E-state index contributed by atoms with van der Waals surface area (Å²) >= 11 is 0. The topological polar surface area (TPSA) is 86.1 Å². The summed E-state index contributed by atoms with van der Waals surface area (Å²) in [5.74, 6) is 1.03. The van der Waals surface area contributed by atoms with Crippen LogP contribution in [0.5, 0.6) is 0 Å². The molecule has 0 N–H and O–H groups in total. The van der Waals surface area contributed by atoms with Gasteiger partial charge in [0.25, 0.3) is 0 Å². The van der Waals surface area contributed by atoms with Crippen LogP contribution in [-0.2, 0) is 14.1 Å². The van der Waals surface area contributed by atoms with Crippen LogP contribution in [0.1, 0.15) is 0 Å². The van der Waals surface area contributed by atoms with E-state index < -0.39 is 0 Å². The minimum atomic E-state index is 0.514. The molecule has 6 aromatic rings. The van der Waals surface area contributed by atoms with E-state index in [9.17, 15) is 0 Å². The molecule has 2 aromatic carbocycles. The number of pyridine rings is 2. The van der Waals surface area contributed by atoms with E-state index in [1.807, 2.05) is 71.8 Å². The number of azo groups is 1. The van der Waals surface area contributed by atoms with Crippen molar-refractivity contribution in [1.82, 2.24) is 29.1 Å². The Labute approximate surface area is 170 Å². The maximum Gasteiger partial charge on any atom is 0.250 e. The second-order valence-corrected chi connectivity index (χ2v) is 7.15. The van der Waals surface area contributed by atoms with Crippen molar-refractivity contribution in [1.29, 1.82) is 0 Å². The summed E-state index contributed by atoms with van der Waals surface area (Å²) in [6.45, 7) is 0. The van der Waals surface area contributed by atoms with E-state index in [0.717, 1.165) is 43.9 Å². The summed E-state index contributed by atoms with van der Waals surface area (Å²) in [6.07, 6.45) is 3.56. The molecule has 8 heteroatoms. The van der Waals surface area contributed by atoms with Crippen molar-refractivity contribution in [2.24, 2.45) is 24.3 Å². The number of fused-ring (bicyclic) bond motifs is 6. The molecule has 0 amide bonds. The highest BCUT2D eigenvalue weighted by molar-refractivity contribution is 6.04. The number of aromatic nitrogens is 6. The Morgan fingerprint density at radius 2 is 1.10 bits per heavy atom. The third kappa shape index (κ3) is 2.33. The van der Waals surface area contributed by atoms with Crippen LogP contribution in [0.25, 0.3) is 43.9 Å². The minimum Gasteiger partial charge on any atom is -0.310 e. The highest BCUT2D eigenvalue weighted by Gasteiger charge is 2.13. The molecule has 0 aliphatic carbocycles. The first-order valence-electron chi connectivity index (χ1n) is 9.53. The van der Waals surface area contributed by atoms with Gasteiger partial charge in [-0.1, -0.05) is 0 Å². The van der Waals surface area contributed by atoms with E-state index in [4.69, 9.17) is 9.97 Å². The molecule has 0 saturated carbocycles. The van der Waals surface area contributed by atoms with Crippen molar-refractivity contribution in [2.75, 3.05) is 0 Å². The fourth-order valence-corrected chi connectivity index (χ4v) is 3.86. The zero-order valence-electron chi connectivity index (χ0n) is 16.4. The van der Waals surface area contributed by atoms with Gasteiger partial charge in [-0.05, 0) is 48.5 Å². The van der Waals surface area contributed by atoms with Crippen LogP contribution in [0.15, 0.2) is 71.2 Å². The van der Waals surface area contributed by atoms with Gasteiger partial charge in [-0.15, -0.1) is 10.2 Å². The summed E-state index contributed by atoms with van der Waals surface area (Å²) in [7, 11) is 3.86. The Bertz CT molecular complexity index is 1500. The molecule has 0 aliphatic heterocycles. The monoisotopic (exact) mass is 392 g/mol. The first kappa shape index (κ1) is 16.7. The van der Waals surface area contributed by atoms with Gasteiger partial charge in [0.15, 0.2) is 0 Å². The number of hydrogen-bond acceptors (Lipinski definition) is 6. The second-order valence-electron chi connectivity index (χ2n) is 7.15. The second kappa shape index (κ2) is 6.15. The summed E-state index contributed by atoms with van der Waals surface area (Å²) in [5, 5.41) is 10.8. The molecular formula is C22H16N8. The standard InChI is InChI=1S/C22H16N8/c1-29-17-9-7-15-13(5-3-11-23-15)19(17)25-21(29)27-28-22-26-20-14-6-4-12-24-16(14)8-10-18(20)30(22)2/h3-12H,1-2H3/b28-27+. The summed E-state index contributed by atoms with van der Waals surface area (Å²) in [6, 6.07) is 15.9. The molecule has 0 saturated heterocycles.